The van der Waals surface area contributed by atoms with Gasteiger partial charge in [0, 0.05) is 24.8 Å². The van der Waals surface area contributed by atoms with Crippen LogP contribution < -0.4 is 4.74 Å². The number of rotatable bonds is 5. The van der Waals surface area contributed by atoms with E-state index < -0.39 is 0 Å². The van der Waals surface area contributed by atoms with Crippen LogP contribution in [0.2, 0.25) is 0 Å². The zero-order chi connectivity index (χ0) is 17.2. The highest BCUT2D eigenvalue weighted by Crippen LogP contribution is 2.24. The van der Waals surface area contributed by atoms with Crippen molar-refractivity contribution >= 4 is 16.6 Å². The Bertz CT molecular complexity index is 1050. The third kappa shape index (κ3) is 2.97. The summed E-state index contributed by atoms with van der Waals surface area (Å²) in [6.45, 7) is 1.01. The summed E-state index contributed by atoms with van der Waals surface area (Å²) in [4.78, 5) is 4.61. The SMILES string of the molecule is COCCOc1ccn2c(-c3ccc4cc(O)ccc4n3)nnc2c1. The Morgan fingerprint density at radius 2 is 1.96 bits per heavy atom. The van der Waals surface area contributed by atoms with E-state index in [-0.39, 0.29) is 5.75 Å². The zero-order valence-corrected chi connectivity index (χ0v) is 13.6. The Morgan fingerprint density at radius 1 is 1.04 bits per heavy atom. The average molecular weight is 336 g/mol. The molecule has 0 saturated carbocycles. The number of phenolic OH excluding ortho intramolecular Hbond substituents is 1. The van der Waals surface area contributed by atoms with Crippen LogP contribution in [0.5, 0.6) is 11.5 Å². The number of methoxy groups -OCH3 is 1. The number of benzene rings is 1. The zero-order valence-electron chi connectivity index (χ0n) is 13.6. The Labute approximate surface area is 143 Å². The van der Waals surface area contributed by atoms with E-state index in [2.05, 4.69) is 15.2 Å². The van der Waals surface area contributed by atoms with Crippen LogP contribution in [0, 0.1) is 0 Å². The average Bonchev–Trinajstić information content (AvgIpc) is 3.05. The van der Waals surface area contributed by atoms with Crippen molar-refractivity contribution in [2.45, 2.75) is 0 Å². The Kier molecular flexibility index (Phi) is 3.91. The normalized spacial score (nSPS) is 11.2. The summed E-state index contributed by atoms with van der Waals surface area (Å²) >= 11 is 0. The van der Waals surface area contributed by atoms with Crippen molar-refractivity contribution in [3.8, 4) is 23.0 Å². The van der Waals surface area contributed by atoms with E-state index in [0.717, 1.165) is 10.9 Å². The monoisotopic (exact) mass is 336 g/mol. The lowest BCUT2D eigenvalue weighted by atomic mass is 10.2. The Balaban J connectivity index is 1.70. The molecule has 0 amide bonds. The lowest BCUT2D eigenvalue weighted by Crippen LogP contribution is -2.04. The van der Waals surface area contributed by atoms with E-state index in [1.165, 1.54) is 0 Å². The van der Waals surface area contributed by atoms with E-state index in [0.29, 0.717) is 36.1 Å². The first-order chi connectivity index (χ1) is 12.2. The molecule has 4 rings (SSSR count). The number of fused-ring (bicyclic) bond motifs is 2. The van der Waals surface area contributed by atoms with Gasteiger partial charge in [0.2, 0.25) is 0 Å². The Morgan fingerprint density at radius 3 is 2.84 bits per heavy atom. The molecular weight excluding hydrogens is 320 g/mol. The van der Waals surface area contributed by atoms with Crippen LogP contribution in [0.15, 0.2) is 48.7 Å². The van der Waals surface area contributed by atoms with Crippen LogP contribution >= 0.6 is 0 Å². The second-order valence-corrected chi connectivity index (χ2v) is 5.53. The molecule has 0 bridgehead atoms. The van der Waals surface area contributed by atoms with Crippen molar-refractivity contribution < 1.29 is 14.6 Å². The maximum absolute atomic E-state index is 9.55. The van der Waals surface area contributed by atoms with Gasteiger partial charge in [-0.2, -0.15) is 0 Å². The molecule has 126 valence electrons. The van der Waals surface area contributed by atoms with E-state index in [1.54, 1.807) is 25.3 Å². The third-order valence-corrected chi connectivity index (χ3v) is 3.84. The first kappa shape index (κ1) is 15.3. The molecule has 0 radical (unpaired) electrons. The molecule has 1 N–H and O–H groups in total. The molecule has 7 nitrogen and oxygen atoms in total. The van der Waals surface area contributed by atoms with Crippen LogP contribution in [0.3, 0.4) is 0 Å². The van der Waals surface area contributed by atoms with Gasteiger partial charge in [-0.05, 0) is 30.3 Å². The molecule has 0 fully saturated rings. The quantitative estimate of drug-likeness (QED) is 0.564. The second-order valence-electron chi connectivity index (χ2n) is 5.53. The van der Waals surface area contributed by atoms with Crippen LogP contribution in [-0.4, -0.2) is 45.0 Å². The van der Waals surface area contributed by atoms with Crippen molar-refractivity contribution in [1.82, 2.24) is 19.6 Å². The molecule has 25 heavy (non-hydrogen) atoms. The van der Waals surface area contributed by atoms with Gasteiger partial charge in [-0.1, -0.05) is 6.07 Å². The van der Waals surface area contributed by atoms with Crippen molar-refractivity contribution in [1.29, 1.82) is 0 Å². The molecule has 0 unspecified atom stereocenters. The fourth-order valence-electron chi connectivity index (χ4n) is 2.62. The summed E-state index contributed by atoms with van der Waals surface area (Å²) in [5.41, 5.74) is 2.17. The molecule has 0 spiro atoms. The molecule has 3 heterocycles. The number of ether oxygens (including phenoxy) is 2. The first-order valence-corrected chi connectivity index (χ1v) is 7.81. The van der Waals surface area contributed by atoms with Gasteiger partial charge in [0.05, 0.1) is 12.1 Å². The highest BCUT2D eigenvalue weighted by atomic mass is 16.5. The minimum absolute atomic E-state index is 0.218. The molecule has 0 aliphatic rings. The van der Waals surface area contributed by atoms with Crippen LogP contribution in [0.1, 0.15) is 0 Å². The van der Waals surface area contributed by atoms with Gasteiger partial charge in [-0.15, -0.1) is 10.2 Å². The van der Waals surface area contributed by atoms with E-state index in [9.17, 15) is 5.11 Å². The van der Waals surface area contributed by atoms with E-state index >= 15 is 0 Å². The number of aromatic nitrogens is 4. The lowest BCUT2D eigenvalue weighted by molar-refractivity contribution is 0.146. The maximum atomic E-state index is 9.55. The molecule has 3 aromatic heterocycles. The number of pyridine rings is 2. The van der Waals surface area contributed by atoms with Gasteiger partial charge in [0.1, 0.15) is 23.8 Å². The summed E-state index contributed by atoms with van der Waals surface area (Å²) in [5.74, 6) is 1.58. The highest BCUT2D eigenvalue weighted by molar-refractivity contribution is 5.82. The molecule has 0 saturated heterocycles. The van der Waals surface area contributed by atoms with Gasteiger partial charge in [-0.3, -0.25) is 4.40 Å². The summed E-state index contributed by atoms with van der Waals surface area (Å²) in [5, 5.41) is 18.9. The number of phenols is 1. The standard InChI is InChI=1S/C18H16N4O3/c1-24-8-9-25-14-6-7-22-17(11-14)20-21-18(22)16-4-2-12-10-13(23)3-5-15(12)19-16/h2-7,10-11,23H,8-9H2,1H3. The fourth-order valence-corrected chi connectivity index (χ4v) is 2.62. The molecule has 0 aliphatic carbocycles. The largest absolute Gasteiger partial charge is 0.508 e. The van der Waals surface area contributed by atoms with Gasteiger partial charge in [0.15, 0.2) is 11.5 Å². The van der Waals surface area contributed by atoms with Crippen molar-refractivity contribution in [2.75, 3.05) is 20.3 Å². The van der Waals surface area contributed by atoms with Gasteiger partial charge >= 0.3 is 0 Å². The molecular formula is C18H16N4O3. The minimum Gasteiger partial charge on any atom is -0.508 e. The summed E-state index contributed by atoms with van der Waals surface area (Å²) in [6, 6.07) is 12.5. The van der Waals surface area contributed by atoms with Crippen molar-refractivity contribution in [3.05, 3.63) is 48.7 Å². The molecule has 4 aromatic rings. The second kappa shape index (κ2) is 6.37. The molecule has 1 aromatic carbocycles. The molecule has 0 atom stereocenters. The van der Waals surface area contributed by atoms with E-state index in [1.807, 2.05) is 34.9 Å². The lowest BCUT2D eigenvalue weighted by Gasteiger charge is -2.06. The van der Waals surface area contributed by atoms with Crippen molar-refractivity contribution in [2.24, 2.45) is 0 Å². The number of nitrogens with zero attached hydrogens (tertiary/aromatic N) is 4. The van der Waals surface area contributed by atoms with Crippen LogP contribution in [-0.2, 0) is 4.74 Å². The van der Waals surface area contributed by atoms with Gasteiger partial charge in [-0.25, -0.2) is 4.98 Å². The predicted octanol–water partition coefficient (Wildman–Crippen LogP) is 2.68. The molecule has 0 aliphatic heterocycles. The Hall–Kier alpha value is -3.19. The van der Waals surface area contributed by atoms with Gasteiger partial charge in [0.25, 0.3) is 0 Å². The van der Waals surface area contributed by atoms with Crippen molar-refractivity contribution in [3.63, 3.8) is 0 Å². The summed E-state index contributed by atoms with van der Waals surface area (Å²) < 4.78 is 12.4. The van der Waals surface area contributed by atoms with E-state index in [4.69, 9.17) is 9.47 Å². The number of hydrogen-bond donors (Lipinski definition) is 1. The van der Waals surface area contributed by atoms with Gasteiger partial charge < -0.3 is 14.6 Å². The summed E-state index contributed by atoms with van der Waals surface area (Å²) in [7, 11) is 1.63. The fraction of sp³-hybridized carbons (Fsp3) is 0.167. The first-order valence-electron chi connectivity index (χ1n) is 7.81. The summed E-state index contributed by atoms with van der Waals surface area (Å²) in [6.07, 6.45) is 1.86. The number of aromatic hydroxyl groups is 1. The predicted molar refractivity (Wildman–Crippen MR) is 92.8 cm³/mol. The number of hydrogen-bond acceptors (Lipinski definition) is 6. The molecule has 7 heteroatoms. The van der Waals surface area contributed by atoms with Crippen LogP contribution in [0.4, 0.5) is 0 Å². The highest BCUT2D eigenvalue weighted by Gasteiger charge is 2.11. The third-order valence-electron chi connectivity index (χ3n) is 3.84. The maximum Gasteiger partial charge on any atom is 0.187 e. The van der Waals surface area contributed by atoms with Crippen LogP contribution in [0.25, 0.3) is 28.1 Å². The smallest absolute Gasteiger partial charge is 0.187 e. The minimum atomic E-state index is 0.218. The topological polar surface area (TPSA) is 81.8 Å².